The third kappa shape index (κ3) is 5.56. The first-order chi connectivity index (χ1) is 15.2. The zero-order valence-electron chi connectivity index (χ0n) is 17.5. The van der Waals surface area contributed by atoms with Crippen LogP contribution in [-0.2, 0) is 6.42 Å². The number of hydrogen-bond donors (Lipinski definition) is 2. The molecule has 0 bridgehead atoms. The number of benzene rings is 1. The highest BCUT2D eigenvalue weighted by molar-refractivity contribution is 5.80. The number of nitrogens with one attached hydrogen (secondary N) is 2. The summed E-state index contributed by atoms with van der Waals surface area (Å²) in [5.74, 6) is 1.54. The van der Waals surface area contributed by atoms with Crippen molar-refractivity contribution in [1.82, 2.24) is 25.8 Å². The van der Waals surface area contributed by atoms with Crippen LogP contribution >= 0.6 is 0 Å². The lowest BCUT2D eigenvalue weighted by Gasteiger charge is -2.35. The molecule has 1 fully saturated rings. The lowest BCUT2D eigenvalue weighted by molar-refractivity contribution is 0.421. The van der Waals surface area contributed by atoms with Crippen molar-refractivity contribution in [3.8, 4) is 11.6 Å². The first-order valence-electron chi connectivity index (χ1n) is 10.4. The lowest BCUT2D eigenvalue weighted by Crippen LogP contribution is -2.51. The highest BCUT2D eigenvalue weighted by Gasteiger charge is 2.21. The van der Waals surface area contributed by atoms with Gasteiger partial charge in [-0.15, -0.1) is 0 Å². The fourth-order valence-electron chi connectivity index (χ4n) is 3.63. The number of piperidine rings is 1. The molecule has 162 valence electrons. The van der Waals surface area contributed by atoms with E-state index in [1.165, 1.54) is 6.07 Å². The Morgan fingerprint density at radius 1 is 1.29 bits per heavy atom. The van der Waals surface area contributed by atoms with Crippen LogP contribution in [0.25, 0.3) is 11.6 Å². The minimum Gasteiger partial charge on any atom is -0.369 e. The van der Waals surface area contributed by atoms with Crippen LogP contribution in [0.1, 0.15) is 18.7 Å². The number of aliphatic imine (C=N–C) groups is 1. The van der Waals surface area contributed by atoms with E-state index >= 15 is 0 Å². The summed E-state index contributed by atoms with van der Waals surface area (Å²) >= 11 is 0. The van der Waals surface area contributed by atoms with E-state index in [1.54, 1.807) is 25.4 Å². The van der Waals surface area contributed by atoms with Crippen molar-refractivity contribution in [3.05, 3.63) is 60.3 Å². The number of anilines is 1. The van der Waals surface area contributed by atoms with Crippen molar-refractivity contribution >= 4 is 11.6 Å². The average molecular weight is 423 g/mol. The van der Waals surface area contributed by atoms with Crippen molar-refractivity contribution in [1.29, 1.82) is 0 Å². The molecule has 3 heterocycles. The lowest BCUT2D eigenvalue weighted by atomic mass is 10.0. The number of guanidine groups is 1. The fraction of sp³-hybridized carbons (Fsp3) is 0.364. The van der Waals surface area contributed by atoms with Crippen LogP contribution < -0.4 is 15.5 Å². The van der Waals surface area contributed by atoms with Gasteiger partial charge in [0.05, 0.1) is 0 Å². The van der Waals surface area contributed by atoms with Gasteiger partial charge in [-0.2, -0.15) is 4.98 Å². The largest absolute Gasteiger partial charge is 0.369 e. The molecule has 2 aromatic heterocycles. The smallest absolute Gasteiger partial charge is 0.276 e. The van der Waals surface area contributed by atoms with Gasteiger partial charge in [0, 0.05) is 51.0 Å². The van der Waals surface area contributed by atoms with Gasteiger partial charge in [0.15, 0.2) is 11.8 Å². The van der Waals surface area contributed by atoms with E-state index in [1.807, 2.05) is 24.3 Å². The molecule has 4 rings (SSSR count). The summed E-state index contributed by atoms with van der Waals surface area (Å²) in [6, 6.07) is 12.5. The molecular formula is C22H26FN7O. The molecule has 1 unspecified atom stereocenters. The molecule has 1 atom stereocenters. The fourth-order valence-corrected chi connectivity index (χ4v) is 3.63. The molecule has 2 N–H and O–H groups in total. The number of pyridine rings is 1. The van der Waals surface area contributed by atoms with E-state index < -0.39 is 0 Å². The predicted octanol–water partition coefficient (Wildman–Crippen LogP) is 2.65. The molecule has 1 aliphatic heterocycles. The Morgan fingerprint density at radius 3 is 3.03 bits per heavy atom. The van der Waals surface area contributed by atoms with Crippen LogP contribution in [0, 0.1) is 5.82 Å². The van der Waals surface area contributed by atoms with E-state index in [0.717, 1.165) is 37.6 Å². The van der Waals surface area contributed by atoms with E-state index in [2.05, 4.69) is 35.7 Å². The van der Waals surface area contributed by atoms with Gasteiger partial charge < -0.3 is 20.1 Å². The Morgan fingerprint density at radius 2 is 2.23 bits per heavy atom. The molecule has 0 amide bonds. The molecule has 9 heteroatoms. The first kappa shape index (κ1) is 20.8. The maximum absolute atomic E-state index is 13.6. The summed E-state index contributed by atoms with van der Waals surface area (Å²) in [6.45, 7) is 2.33. The minimum absolute atomic E-state index is 0.210. The molecule has 0 spiro atoms. The van der Waals surface area contributed by atoms with Gasteiger partial charge in [0.2, 0.25) is 0 Å². The first-order valence-corrected chi connectivity index (χ1v) is 10.4. The normalized spacial score (nSPS) is 16.9. The van der Waals surface area contributed by atoms with Crippen molar-refractivity contribution in [2.24, 2.45) is 4.99 Å². The average Bonchev–Trinajstić information content (AvgIpc) is 3.28. The number of nitrogens with zero attached hydrogens (tertiary/aromatic N) is 5. The quantitative estimate of drug-likeness (QED) is 0.465. The number of rotatable bonds is 6. The summed E-state index contributed by atoms with van der Waals surface area (Å²) in [6.07, 6.45) is 4.35. The summed E-state index contributed by atoms with van der Waals surface area (Å²) in [7, 11) is 1.75. The second-order valence-corrected chi connectivity index (χ2v) is 7.39. The summed E-state index contributed by atoms with van der Waals surface area (Å²) in [5.41, 5.74) is 1.57. The predicted molar refractivity (Wildman–Crippen MR) is 117 cm³/mol. The summed E-state index contributed by atoms with van der Waals surface area (Å²) in [5, 5.41) is 10.8. The zero-order chi connectivity index (χ0) is 21.5. The molecule has 0 saturated carbocycles. The van der Waals surface area contributed by atoms with Gasteiger partial charge in [-0.1, -0.05) is 17.3 Å². The summed E-state index contributed by atoms with van der Waals surface area (Å²) in [4.78, 5) is 15.1. The third-order valence-electron chi connectivity index (χ3n) is 5.15. The maximum atomic E-state index is 13.6. The van der Waals surface area contributed by atoms with Gasteiger partial charge in [-0.3, -0.25) is 9.98 Å². The van der Waals surface area contributed by atoms with Crippen LogP contribution in [0.3, 0.4) is 0 Å². The van der Waals surface area contributed by atoms with Crippen molar-refractivity contribution < 1.29 is 8.91 Å². The molecule has 1 aliphatic rings. The second kappa shape index (κ2) is 10.0. The van der Waals surface area contributed by atoms with Crippen LogP contribution in [0.4, 0.5) is 10.1 Å². The Labute approximate surface area is 180 Å². The highest BCUT2D eigenvalue weighted by atomic mass is 19.1. The molecule has 0 aliphatic carbocycles. The van der Waals surface area contributed by atoms with Crippen LogP contribution in [0.15, 0.2) is 58.2 Å². The van der Waals surface area contributed by atoms with Crippen LogP contribution in [0.2, 0.25) is 0 Å². The molecular weight excluding hydrogens is 397 g/mol. The molecule has 8 nitrogen and oxygen atoms in total. The zero-order valence-corrected chi connectivity index (χ0v) is 17.5. The van der Waals surface area contributed by atoms with Crippen LogP contribution in [0.5, 0.6) is 0 Å². The summed E-state index contributed by atoms with van der Waals surface area (Å²) < 4.78 is 18.9. The SMILES string of the molecule is CN=C(NCCc1noc(-c2ccccn2)n1)NC1CCCN(c2cccc(F)c2)C1. The number of aromatic nitrogens is 3. The molecule has 1 saturated heterocycles. The van der Waals surface area contributed by atoms with E-state index in [0.29, 0.717) is 30.4 Å². The maximum Gasteiger partial charge on any atom is 0.276 e. The highest BCUT2D eigenvalue weighted by Crippen LogP contribution is 2.20. The van der Waals surface area contributed by atoms with Crippen molar-refractivity contribution in [2.45, 2.75) is 25.3 Å². The molecule has 3 aromatic rings. The van der Waals surface area contributed by atoms with Gasteiger partial charge in [0.25, 0.3) is 5.89 Å². The van der Waals surface area contributed by atoms with Crippen molar-refractivity contribution in [2.75, 3.05) is 31.6 Å². The van der Waals surface area contributed by atoms with Crippen LogP contribution in [-0.4, -0.2) is 53.8 Å². The standard InChI is InChI=1S/C22H26FN7O/c1-24-22(26-12-10-20-28-21(31-29-20)19-9-2-3-11-25-19)27-17-7-5-13-30(15-17)18-8-4-6-16(23)14-18/h2-4,6,8-9,11,14,17H,5,7,10,12-13,15H2,1H3,(H2,24,26,27). The minimum atomic E-state index is -0.210. The van der Waals surface area contributed by atoms with Gasteiger partial charge in [-0.05, 0) is 43.2 Å². The monoisotopic (exact) mass is 423 g/mol. The molecule has 0 radical (unpaired) electrons. The Hall–Kier alpha value is -3.49. The van der Waals surface area contributed by atoms with Gasteiger partial charge in [-0.25, -0.2) is 4.39 Å². The van der Waals surface area contributed by atoms with E-state index in [9.17, 15) is 4.39 Å². The Balaban J connectivity index is 1.27. The second-order valence-electron chi connectivity index (χ2n) is 7.39. The van der Waals surface area contributed by atoms with Crippen molar-refractivity contribution in [3.63, 3.8) is 0 Å². The Bertz CT molecular complexity index is 1010. The molecule has 1 aromatic carbocycles. The topological polar surface area (TPSA) is 91.5 Å². The Kier molecular flexibility index (Phi) is 6.71. The van der Waals surface area contributed by atoms with E-state index in [-0.39, 0.29) is 11.9 Å². The molecule has 31 heavy (non-hydrogen) atoms. The van der Waals surface area contributed by atoms with Gasteiger partial charge >= 0.3 is 0 Å². The number of halogens is 1. The van der Waals surface area contributed by atoms with E-state index in [4.69, 9.17) is 4.52 Å². The van der Waals surface area contributed by atoms with Gasteiger partial charge in [0.1, 0.15) is 11.5 Å². The third-order valence-corrected chi connectivity index (χ3v) is 5.15. The number of hydrogen-bond acceptors (Lipinski definition) is 6.